The number of thiazole rings is 1. The van der Waals surface area contributed by atoms with E-state index in [4.69, 9.17) is 9.72 Å². The average Bonchev–Trinajstić information content (AvgIpc) is 3.22. The summed E-state index contributed by atoms with van der Waals surface area (Å²) in [7, 11) is 0. The summed E-state index contributed by atoms with van der Waals surface area (Å²) in [6.45, 7) is 6.53. The van der Waals surface area contributed by atoms with Gasteiger partial charge in [-0.1, -0.05) is 86.7 Å². The molecule has 0 radical (unpaired) electrons. The molecular weight excluding hydrogens is 426 g/mol. The van der Waals surface area contributed by atoms with E-state index in [-0.39, 0.29) is 5.41 Å². The number of nitrogens with zero attached hydrogens (tertiary/aromatic N) is 2. The molecule has 4 nitrogen and oxygen atoms in total. The third-order valence-electron chi connectivity index (χ3n) is 5.41. The van der Waals surface area contributed by atoms with Crippen LogP contribution in [0.5, 0.6) is 11.6 Å². The summed E-state index contributed by atoms with van der Waals surface area (Å²) >= 11 is 1.62. The van der Waals surface area contributed by atoms with Crippen LogP contribution in [0.2, 0.25) is 0 Å². The van der Waals surface area contributed by atoms with Crippen LogP contribution in [0.25, 0.3) is 21.3 Å². The second-order valence-corrected chi connectivity index (χ2v) is 9.93. The van der Waals surface area contributed by atoms with Crippen molar-refractivity contribution in [1.29, 1.82) is 0 Å². The van der Waals surface area contributed by atoms with Crippen molar-refractivity contribution in [2.75, 3.05) is 5.32 Å². The molecule has 0 amide bonds. The quantitative estimate of drug-likeness (QED) is 0.293. The van der Waals surface area contributed by atoms with Crippen LogP contribution in [0, 0.1) is 0 Å². The molecule has 2 heterocycles. The van der Waals surface area contributed by atoms with Crippen LogP contribution in [0.3, 0.4) is 0 Å². The number of fused-ring (bicyclic) bond motifs is 1. The van der Waals surface area contributed by atoms with E-state index in [9.17, 15) is 0 Å². The maximum absolute atomic E-state index is 6.29. The maximum Gasteiger partial charge on any atom is 0.243 e. The summed E-state index contributed by atoms with van der Waals surface area (Å²) in [5.41, 5.74) is 5.22. The molecule has 5 aromatic rings. The minimum atomic E-state index is -0.0392. The number of hydrogen-bond donors (Lipinski definition) is 1. The number of nitrogens with one attached hydrogen (secondary N) is 1. The summed E-state index contributed by atoms with van der Waals surface area (Å²) in [6, 6.07) is 28.7. The lowest BCUT2D eigenvalue weighted by molar-refractivity contribution is 0.442. The Morgan fingerprint density at radius 1 is 0.818 bits per heavy atom. The SMILES string of the molecule is CC(C)(C)c1ccccc1Oc1ncccc1Nc1nc2ccc(-c3ccccc3)cc2s1. The Balaban J connectivity index is 1.44. The molecule has 0 fully saturated rings. The zero-order valence-electron chi connectivity index (χ0n) is 18.9. The number of hydrogen-bond acceptors (Lipinski definition) is 5. The summed E-state index contributed by atoms with van der Waals surface area (Å²) in [5, 5.41) is 4.22. The van der Waals surface area contributed by atoms with Crippen molar-refractivity contribution in [2.45, 2.75) is 26.2 Å². The van der Waals surface area contributed by atoms with E-state index >= 15 is 0 Å². The fraction of sp³-hybridized carbons (Fsp3) is 0.143. The van der Waals surface area contributed by atoms with Crippen LogP contribution in [0.1, 0.15) is 26.3 Å². The second kappa shape index (κ2) is 8.68. The van der Waals surface area contributed by atoms with Gasteiger partial charge >= 0.3 is 0 Å². The third-order valence-corrected chi connectivity index (χ3v) is 6.34. The first-order chi connectivity index (χ1) is 16.0. The Hall–Kier alpha value is -3.70. The predicted octanol–water partition coefficient (Wildman–Crippen LogP) is 8.19. The topological polar surface area (TPSA) is 47.0 Å². The van der Waals surface area contributed by atoms with Gasteiger partial charge in [0.15, 0.2) is 5.13 Å². The van der Waals surface area contributed by atoms with Gasteiger partial charge in [-0.15, -0.1) is 0 Å². The average molecular weight is 452 g/mol. The monoisotopic (exact) mass is 451 g/mol. The minimum absolute atomic E-state index is 0.0392. The Kier molecular flexibility index (Phi) is 5.56. The number of ether oxygens (including phenoxy) is 1. The lowest BCUT2D eigenvalue weighted by Gasteiger charge is -2.22. The molecule has 33 heavy (non-hydrogen) atoms. The standard InChI is InChI=1S/C28H25N3OS/c1-28(2,3)21-12-7-8-14-24(21)32-26-23(13-9-17-29-26)31-27-30-22-16-15-20(18-25(22)33-27)19-10-5-4-6-11-19/h4-18H,1-3H3,(H,30,31). The van der Waals surface area contributed by atoms with Crippen molar-refractivity contribution >= 4 is 32.4 Å². The molecule has 5 heteroatoms. The van der Waals surface area contributed by atoms with Crippen molar-refractivity contribution in [2.24, 2.45) is 0 Å². The molecule has 0 aliphatic rings. The van der Waals surface area contributed by atoms with Crippen LogP contribution < -0.4 is 10.1 Å². The summed E-state index contributed by atoms with van der Waals surface area (Å²) < 4.78 is 7.42. The molecule has 3 aromatic carbocycles. The maximum atomic E-state index is 6.29. The van der Waals surface area contributed by atoms with Crippen molar-refractivity contribution in [3.63, 3.8) is 0 Å². The van der Waals surface area contributed by atoms with Crippen molar-refractivity contribution in [3.05, 3.63) is 96.7 Å². The smallest absolute Gasteiger partial charge is 0.243 e. The van der Waals surface area contributed by atoms with Gasteiger partial charge in [0.05, 0.1) is 10.2 Å². The summed E-state index contributed by atoms with van der Waals surface area (Å²) in [4.78, 5) is 9.26. The molecular formula is C28H25N3OS. The highest BCUT2D eigenvalue weighted by atomic mass is 32.1. The van der Waals surface area contributed by atoms with Gasteiger partial charge in [0, 0.05) is 11.8 Å². The number of pyridine rings is 1. The van der Waals surface area contributed by atoms with Gasteiger partial charge in [0.25, 0.3) is 0 Å². The van der Waals surface area contributed by atoms with E-state index in [1.807, 2.05) is 36.4 Å². The van der Waals surface area contributed by atoms with E-state index in [1.165, 1.54) is 11.1 Å². The van der Waals surface area contributed by atoms with Gasteiger partial charge in [-0.05, 0) is 46.9 Å². The molecule has 0 aliphatic heterocycles. The van der Waals surface area contributed by atoms with E-state index in [0.29, 0.717) is 5.88 Å². The van der Waals surface area contributed by atoms with Gasteiger partial charge < -0.3 is 10.1 Å². The Labute approximate surface area is 197 Å². The molecule has 0 saturated carbocycles. The number of para-hydroxylation sites is 1. The number of benzene rings is 3. The highest BCUT2D eigenvalue weighted by Crippen LogP contribution is 2.37. The Morgan fingerprint density at radius 2 is 1.61 bits per heavy atom. The van der Waals surface area contributed by atoms with Crippen LogP contribution in [-0.4, -0.2) is 9.97 Å². The van der Waals surface area contributed by atoms with Crippen molar-refractivity contribution < 1.29 is 4.74 Å². The molecule has 0 spiro atoms. The molecule has 5 rings (SSSR count). The molecule has 164 valence electrons. The van der Waals surface area contributed by atoms with Gasteiger partial charge in [0.2, 0.25) is 5.88 Å². The molecule has 0 saturated heterocycles. The van der Waals surface area contributed by atoms with E-state index in [2.05, 4.69) is 79.6 Å². The molecule has 0 aliphatic carbocycles. The molecule has 1 N–H and O–H groups in total. The van der Waals surface area contributed by atoms with Gasteiger partial charge in [-0.3, -0.25) is 0 Å². The van der Waals surface area contributed by atoms with Gasteiger partial charge in [0.1, 0.15) is 11.4 Å². The van der Waals surface area contributed by atoms with E-state index in [0.717, 1.165) is 32.3 Å². The first-order valence-corrected chi connectivity index (χ1v) is 11.7. The first kappa shape index (κ1) is 21.2. The molecule has 2 aromatic heterocycles. The largest absolute Gasteiger partial charge is 0.437 e. The van der Waals surface area contributed by atoms with E-state index < -0.39 is 0 Å². The lowest BCUT2D eigenvalue weighted by Crippen LogP contribution is -2.12. The highest BCUT2D eigenvalue weighted by molar-refractivity contribution is 7.22. The number of rotatable bonds is 5. The van der Waals surface area contributed by atoms with E-state index in [1.54, 1.807) is 17.5 Å². The fourth-order valence-electron chi connectivity index (χ4n) is 3.75. The molecule has 0 unspecified atom stereocenters. The zero-order chi connectivity index (χ0) is 22.8. The van der Waals surface area contributed by atoms with Crippen LogP contribution >= 0.6 is 11.3 Å². The Bertz CT molecular complexity index is 1400. The van der Waals surface area contributed by atoms with Crippen LogP contribution in [0.4, 0.5) is 10.8 Å². The van der Waals surface area contributed by atoms with Gasteiger partial charge in [-0.25, -0.2) is 9.97 Å². The molecule has 0 atom stereocenters. The lowest BCUT2D eigenvalue weighted by atomic mass is 9.86. The number of anilines is 2. The Morgan fingerprint density at radius 3 is 2.42 bits per heavy atom. The third kappa shape index (κ3) is 4.59. The number of aromatic nitrogens is 2. The fourth-order valence-corrected chi connectivity index (χ4v) is 4.67. The van der Waals surface area contributed by atoms with Crippen LogP contribution in [0.15, 0.2) is 91.1 Å². The minimum Gasteiger partial charge on any atom is -0.437 e. The second-order valence-electron chi connectivity index (χ2n) is 8.90. The highest BCUT2D eigenvalue weighted by Gasteiger charge is 2.20. The molecule has 0 bridgehead atoms. The predicted molar refractivity (Wildman–Crippen MR) is 138 cm³/mol. The van der Waals surface area contributed by atoms with Crippen molar-refractivity contribution in [3.8, 4) is 22.8 Å². The summed E-state index contributed by atoms with van der Waals surface area (Å²) in [6.07, 6.45) is 1.74. The van der Waals surface area contributed by atoms with Crippen LogP contribution in [-0.2, 0) is 5.41 Å². The normalized spacial score (nSPS) is 11.5. The zero-order valence-corrected chi connectivity index (χ0v) is 19.7. The van der Waals surface area contributed by atoms with Gasteiger partial charge in [-0.2, -0.15) is 0 Å². The summed E-state index contributed by atoms with van der Waals surface area (Å²) in [5.74, 6) is 1.34. The van der Waals surface area contributed by atoms with Crippen molar-refractivity contribution in [1.82, 2.24) is 9.97 Å². The first-order valence-electron chi connectivity index (χ1n) is 10.9.